The Kier molecular flexibility index (Phi) is 8.65. The zero-order valence-electron chi connectivity index (χ0n) is 31.9. The van der Waals surface area contributed by atoms with Crippen LogP contribution in [-0.4, -0.2) is 52.7 Å². The fraction of sp³-hybridized carbons (Fsp3) is 0.326. The van der Waals surface area contributed by atoms with Gasteiger partial charge in [-0.15, -0.1) is 11.3 Å². The Balaban J connectivity index is 1.18. The lowest BCUT2D eigenvalue weighted by Gasteiger charge is -2.49. The van der Waals surface area contributed by atoms with Crippen molar-refractivity contribution in [3.63, 3.8) is 0 Å². The van der Waals surface area contributed by atoms with Crippen LogP contribution in [-0.2, 0) is 26.2 Å². The number of phenols is 1. The maximum atomic E-state index is 15.3. The molecule has 9 rings (SSSR count). The summed E-state index contributed by atoms with van der Waals surface area (Å²) >= 11 is 14.4. The van der Waals surface area contributed by atoms with Crippen LogP contribution < -0.4 is 19.3 Å². The van der Waals surface area contributed by atoms with E-state index in [1.165, 1.54) is 24.0 Å². The zero-order valence-corrected chi connectivity index (χ0v) is 34.3. The fourth-order valence-electron chi connectivity index (χ4n) is 9.88. The second-order valence-electron chi connectivity index (χ2n) is 15.6. The van der Waals surface area contributed by atoms with Crippen LogP contribution in [0.5, 0.6) is 17.2 Å². The number of methoxy groups -OCH3 is 2. The van der Waals surface area contributed by atoms with Crippen LogP contribution in [0.1, 0.15) is 42.4 Å². The van der Waals surface area contributed by atoms with Crippen LogP contribution in [0.2, 0.25) is 10.0 Å². The molecule has 3 fully saturated rings. The van der Waals surface area contributed by atoms with Gasteiger partial charge in [0.2, 0.25) is 29.4 Å². The standard InChI is InChI=1S/C43H38Cl2N4O7S/c1-19-7-9-23(16-29(19)45)48-39(51)25-11-10-24-27(35(25)41(48)53)17-28-40(52)49(42(54)43(28,3)36(24)21-13-31(55-5)37(50)32(14-21)56-6)34-18-30(46-47(34)4)38-20(2)26-15-22(44)8-12-33(26)57-38/h7-10,12-16,18,25,27-28,35-36,50H,11,17H2,1-6H3/t25-,27+,28-,35-,36-,43+/m0/s1. The number of hydrogen-bond donors (Lipinski definition) is 1. The number of imide groups is 2. The molecule has 1 N–H and O–H groups in total. The number of benzene rings is 3. The number of carbonyl (C=O) groups is 4. The summed E-state index contributed by atoms with van der Waals surface area (Å²) < 4.78 is 13.7. The van der Waals surface area contributed by atoms with Crippen LogP contribution >= 0.6 is 34.5 Å². The molecule has 292 valence electrons. The van der Waals surface area contributed by atoms with Crippen LogP contribution in [0.3, 0.4) is 0 Å². The molecule has 6 atom stereocenters. The molecule has 0 unspecified atom stereocenters. The summed E-state index contributed by atoms with van der Waals surface area (Å²) in [6.45, 7) is 5.65. The predicted octanol–water partition coefficient (Wildman–Crippen LogP) is 8.38. The molecule has 1 saturated carbocycles. The Morgan fingerprint density at radius 3 is 2.30 bits per heavy atom. The molecular formula is C43H38Cl2N4O7S. The second-order valence-corrected chi connectivity index (χ2v) is 17.5. The van der Waals surface area contributed by atoms with Crippen molar-refractivity contribution in [1.29, 1.82) is 0 Å². The molecule has 14 heteroatoms. The van der Waals surface area contributed by atoms with Gasteiger partial charge in [-0.2, -0.15) is 5.10 Å². The second kappa shape index (κ2) is 13.2. The lowest BCUT2D eigenvalue weighted by molar-refractivity contribution is -0.131. The number of rotatable bonds is 6. The molecule has 4 aliphatic rings. The molecule has 2 aliphatic carbocycles. The van der Waals surface area contributed by atoms with E-state index < -0.39 is 46.8 Å². The molecule has 11 nitrogen and oxygen atoms in total. The van der Waals surface area contributed by atoms with Crippen molar-refractivity contribution in [1.82, 2.24) is 9.78 Å². The van der Waals surface area contributed by atoms with Gasteiger partial charge in [-0.3, -0.25) is 23.9 Å². The third-order valence-corrected chi connectivity index (χ3v) is 14.7. The number of hydrogen-bond acceptors (Lipinski definition) is 9. The maximum absolute atomic E-state index is 15.3. The number of anilines is 2. The molecular weight excluding hydrogens is 787 g/mol. The zero-order chi connectivity index (χ0) is 40.4. The van der Waals surface area contributed by atoms with E-state index in [0.717, 1.165) is 31.7 Å². The predicted molar refractivity (Wildman–Crippen MR) is 218 cm³/mol. The average Bonchev–Trinajstić information content (AvgIpc) is 3.86. The van der Waals surface area contributed by atoms with E-state index >= 15 is 9.59 Å². The highest BCUT2D eigenvalue weighted by Crippen LogP contribution is 2.64. The number of nitrogens with zero attached hydrogens (tertiary/aromatic N) is 4. The SMILES string of the molecule is COc1cc([C@H]2C3=CC[C@@H]4C(=O)N(c5ccc(C)c(Cl)c5)C(=O)[C@@H]4[C@@H]3C[C@H]3C(=O)N(c4cc(-c5sc6ccc(Cl)cc6c5C)nn4C)C(=O)[C@@]23C)cc(OC)c1O. The Hall–Kier alpha value is -5.17. The number of phenolic OH excluding ortho intramolecular Hbond substituents is 1. The third kappa shape index (κ3) is 5.26. The minimum atomic E-state index is -1.36. The normalized spacial score (nSPS) is 25.5. The molecule has 0 radical (unpaired) electrons. The summed E-state index contributed by atoms with van der Waals surface area (Å²) in [6, 6.07) is 15.9. The molecule has 4 amide bonds. The summed E-state index contributed by atoms with van der Waals surface area (Å²) in [6.07, 6.45) is 2.40. The Bertz CT molecular complexity index is 2630. The first-order chi connectivity index (χ1) is 27.2. The quantitative estimate of drug-likeness (QED) is 0.134. The topological polar surface area (TPSA) is 131 Å². The van der Waals surface area contributed by atoms with Crippen LogP contribution in [0.15, 0.2) is 66.2 Å². The van der Waals surface area contributed by atoms with Crippen molar-refractivity contribution in [2.45, 2.75) is 39.5 Å². The number of halogens is 2. The first-order valence-corrected chi connectivity index (χ1v) is 20.2. The van der Waals surface area contributed by atoms with Gasteiger partial charge in [-0.05, 0) is 104 Å². The minimum absolute atomic E-state index is 0.125. The largest absolute Gasteiger partial charge is 0.502 e. The Morgan fingerprint density at radius 1 is 0.895 bits per heavy atom. The van der Waals surface area contributed by atoms with Gasteiger partial charge in [0.05, 0.1) is 48.0 Å². The minimum Gasteiger partial charge on any atom is -0.502 e. The highest BCUT2D eigenvalue weighted by atomic mass is 35.5. The first kappa shape index (κ1) is 37.4. The summed E-state index contributed by atoms with van der Waals surface area (Å²) in [5.41, 5.74) is 2.79. The van der Waals surface area contributed by atoms with Gasteiger partial charge in [-0.25, -0.2) is 9.80 Å². The smallest absolute Gasteiger partial charge is 0.242 e. The number of carbonyl (C=O) groups excluding carboxylic acids is 4. The van der Waals surface area contributed by atoms with Gasteiger partial charge >= 0.3 is 0 Å². The number of ether oxygens (including phenoxy) is 2. The number of amides is 4. The molecule has 4 heterocycles. The lowest BCUT2D eigenvalue weighted by atomic mass is 9.51. The van der Waals surface area contributed by atoms with Gasteiger partial charge < -0.3 is 14.6 Å². The van der Waals surface area contributed by atoms with E-state index in [4.69, 9.17) is 37.8 Å². The van der Waals surface area contributed by atoms with Crippen molar-refractivity contribution in [2.24, 2.45) is 36.1 Å². The Morgan fingerprint density at radius 2 is 1.61 bits per heavy atom. The van der Waals surface area contributed by atoms with Crippen LogP contribution in [0, 0.1) is 42.9 Å². The molecule has 2 aromatic heterocycles. The average molecular weight is 826 g/mol. The number of aromatic nitrogens is 2. The molecule has 3 aromatic carbocycles. The number of allylic oxidation sites excluding steroid dienone is 2. The monoisotopic (exact) mass is 824 g/mol. The number of aromatic hydroxyl groups is 1. The molecule has 0 spiro atoms. The highest BCUT2D eigenvalue weighted by Gasteiger charge is 2.68. The number of thiophene rings is 1. The molecule has 2 aliphatic heterocycles. The van der Waals surface area contributed by atoms with Gasteiger partial charge in [0.1, 0.15) is 11.5 Å². The van der Waals surface area contributed by atoms with Crippen molar-refractivity contribution in [2.75, 3.05) is 24.0 Å². The summed E-state index contributed by atoms with van der Waals surface area (Å²) in [5.74, 6) is -4.84. The van der Waals surface area contributed by atoms with Gasteiger partial charge in [0, 0.05) is 33.8 Å². The third-order valence-electron chi connectivity index (χ3n) is 12.7. The van der Waals surface area contributed by atoms with Crippen LogP contribution in [0.25, 0.3) is 20.7 Å². The Labute approximate surface area is 342 Å². The van der Waals surface area contributed by atoms with E-state index in [-0.39, 0.29) is 41.9 Å². The van der Waals surface area contributed by atoms with Gasteiger partial charge in [0.25, 0.3) is 0 Å². The lowest BCUT2D eigenvalue weighted by Crippen LogP contribution is -2.49. The first-order valence-electron chi connectivity index (χ1n) is 18.6. The van der Waals surface area contributed by atoms with Crippen LogP contribution in [0.4, 0.5) is 11.5 Å². The van der Waals surface area contributed by atoms with Crippen molar-refractivity contribution in [3.8, 4) is 27.8 Å². The van der Waals surface area contributed by atoms with E-state index in [1.807, 2.05) is 38.1 Å². The van der Waals surface area contributed by atoms with E-state index in [2.05, 4.69) is 0 Å². The molecule has 0 bridgehead atoms. The summed E-state index contributed by atoms with van der Waals surface area (Å²) in [5, 5.41) is 17.8. The van der Waals surface area contributed by atoms with E-state index in [9.17, 15) is 14.7 Å². The summed E-state index contributed by atoms with van der Waals surface area (Å²) in [4.78, 5) is 62.3. The summed E-state index contributed by atoms with van der Waals surface area (Å²) in [7, 11) is 4.55. The van der Waals surface area contributed by atoms with E-state index in [1.54, 1.807) is 66.4 Å². The highest BCUT2D eigenvalue weighted by molar-refractivity contribution is 7.22. The molecule has 2 saturated heterocycles. The van der Waals surface area contributed by atoms with Gasteiger partial charge in [0.15, 0.2) is 11.5 Å². The van der Waals surface area contributed by atoms with Crippen molar-refractivity contribution < 1.29 is 33.8 Å². The van der Waals surface area contributed by atoms with Crippen molar-refractivity contribution >= 4 is 79.8 Å². The maximum Gasteiger partial charge on any atom is 0.242 e. The number of aryl methyl sites for hydroxylation is 3. The van der Waals surface area contributed by atoms with Crippen molar-refractivity contribution in [3.05, 3.63) is 93.0 Å². The number of fused-ring (bicyclic) bond motifs is 5. The molecule has 5 aromatic rings. The fourth-order valence-corrected chi connectivity index (χ4v) is 11.4. The van der Waals surface area contributed by atoms with E-state index in [0.29, 0.717) is 32.8 Å². The van der Waals surface area contributed by atoms with Gasteiger partial charge in [-0.1, -0.05) is 40.9 Å². The molecule has 57 heavy (non-hydrogen) atoms.